The van der Waals surface area contributed by atoms with Gasteiger partial charge in [0.05, 0.1) is 6.61 Å². The van der Waals surface area contributed by atoms with Gasteiger partial charge in [0.2, 0.25) is 0 Å². The summed E-state index contributed by atoms with van der Waals surface area (Å²) >= 11 is 0. The predicted molar refractivity (Wildman–Crippen MR) is 112 cm³/mol. The molecule has 1 unspecified atom stereocenters. The van der Waals surface area contributed by atoms with E-state index in [4.69, 9.17) is 4.74 Å². The third kappa shape index (κ3) is 9.59. The SMILES string of the molecule is CCCC/C=C/C1=C(CCCCCCCCCCCC)C1C(=O)OCC. The van der Waals surface area contributed by atoms with Crippen LogP contribution in [-0.2, 0) is 9.53 Å². The zero-order valence-electron chi connectivity index (χ0n) is 17.7. The van der Waals surface area contributed by atoms with Crippen molar-refractivity contribution in [2.24, 2.45) is 5.92 Å². The van der Waals surface area contributed by atoms with Crippen LogP contribution in [0.4, 0.5) is 0 Å². The number of allylic oxidation sites excluding steroid dienone is 2. The van der Waals surface area contributed by atoms with Gasteiger partial charge in [0.15, 0.2) is 0 Å². The maximum absolute atomic E-state index is 12.1. The lowest BCUT2D eigenvalue weighted by Crippen LogP contribution is -2.09. The van der Waals surface area contributed by atoms with E-state index in [2.05, 4.69) is 26.0 Å². The number of carbonyl (C=O) groups excluding carboxylic acids is 1. The van der Waals surface area contributed by atoms with Crippen LogP contribution in [0.2, 0.25) is 0 Å². The van der Waals surface area contributed by atoms with E-state index in [0.29, 0.717) is 6.61 Å². The highest BCUT2D eigenvalue weighted by atomic mass is 16.5. The molecule has 0 N–H and O–H groups in total. The summed E-state index contributed by atoms with van der Waals surface area (Å²) in [5.41, 5.74) is 2.59. The lowest BCUT2D eigenvalue weighted by atomic mass is 10.0. The van der Waals surface area contributed by atoms with Crippen LogP contribution in [0.1, 0.15) is 111 Å². The Morgan fingerprint density at radius 2 is 1.42 bits per heavy atom. The fourth-order valence-corrected chi connectivity index (χ4v) is 3.61. The molecule has 26 heavy (non-hydrogen) atoms. The van der Waals surface area contributed by atoms with E-state index in [1.54, 1.807) is 0 Å². The fraction of sp³-hybridized carbons (Fsp3) is 0.792. The minimum absolute atomic E-state index is 0.0219. The molecule has 0 saturated heterocycles. The molecule has 1 aliphatic rings. The Balaban J connectivity index is 2.19. The number of carbonyl (C=O) groups is 1. The van der Waals surface area contributed by atoms with Gasteiger partial charge in [-0.25, -0.2) is 0 Å². The van der Waals surface area contributed by atoms with Crippen LogP contribution in [0.3, 0.4) is 0 Å². The van der Waals surface area contributed by atoms with Gasteiger partial charge in [0, 0.05) is 0 Å². The number of hydrogen-bond donors (Lipinski definition) is 0. The molecule has 0 aromatic heterocycles. The standard InChI is InChI=1S/C24H42O2/c1-4-7-9-11-12-13-14-15-16-18-20-22-21(19-17-10-8-5-2)23(22)24(25)26-6-3/h17,19,23H,4-16,18,20H2,1-3H3/b19-17+. The minimum atomic E-state index is -0.0373. The summed E-state index contributed by atoms with van der Waals surface area (Å²) in [6.07, 6.45) is 22.6. The average molecular weight is 363 g/mol. The summed E-state index contributed by atoms with van der Waals surface area (Å²) < 4.78 is 5.24. The summed E-state index contributed by atoms with van der Waals surface area (Å²) in [4.78, 5) is 12.1. The molecule has 0 spiro atoms. The third-order valence-electron chi connectivity index (χ3n) is 5.29. The van der Waals surface area contributed by atoms with Gasteiger partial charge >= 0.3 is 5.97 Å². The highest BCUT2D eigenvalue weighted by molar-refractivity contribution is 5.87. The normalized spacial score (nSPS) is 16.5. The van der Waals surface area contributed by atoms with Crippen molar-refractivity contribution in [3.05, 3.63) is 23.3 Å². The summed E-state index contributed by atoms with van der Waals surface area (Å²) in [7, 11) is 0. The topological polar surface area (TPSA) is 26.3 Å². The Morgan fingerprint density at radius 1 is 0.846 bits per heavy atom. The monoisotopic (exact) mass is 362 g/mol. The highest BCUT2D eigenvalue weighted by Crippen LogP contribution is 2.44. The number of rotatable bonds is 17. The molecule has 0 saturated carbocycles. The molecule has 150 valence electrons. The van der Waals surface area contributed by atoms with Gasteiger partial charge in [0.25, 0.3) is 0 Å². The molecule has 0 bridgehead atoms. The number of unbranched alkanes of at least 4 members (excludes halogenated alkanes) is 11. The second kappa shape index (κ2) is 15.1. The number of esters is 1. The molecule has 2 heteroatoms. The van der Waals surface area contributed by atoms with Crippen LogP contribution < -0.4 is 0 Å². The predicted octanol–water partition coefficient (Wildman–Crippen LogP) is 7.53. The van der Waals surface area contributed by atoms with Crippen molar-refractivity contribution >= 4 is 5.97 Å². The van der Waals surface area contributed by atoms with Crippen molar-refractivity contribution < 1.29 is 9.53 Å². The molecule has 1 rings (SSSR count). The molecule has 0 radical (unpaired) electrons. The molecule has 1 aliphatic carbocycles. The summed E-state index contributed by atoms with van der Waals surface area (Å²) in [5.74, 6) is -0.0592. The van der Waals surface area contributed by atoms with Crippen molar-refractivity contribution in [3.8, 4) is 0 Å². The molecule has 0 amide bonds. The fourth-order valence-electron chi connectivity index (χ4n) is 3.61. The molecule has 2 nitrogen and oxygen atoms in total. The molecule has 1 atom stereocenters. The molecular formula is C24H42O2. The van der Waals surface area contributed by atoms with E-state index < -0.39 is 0 Å². The van der Waals surface area contributed by atoms with Crippen LogP contribution in [0.15, 0.2) is 23.3 Å². The van der Waals surface area contributed by atoms with E-state index in [1.165, 1.54) is 88.2 Å². The van der Waals surface area contributed by atoms with Crippen molar-refractivity contribution in [2.75, 3.05) is 6.61 Å². The van der Waals surface area contributed by atoms with Gasteiger partial charge in [-0.05, 0) is 37.3 Å². The van der Waals surface area contributed by atoms with E-state index in [9.17, 15) is 4.79 Å². The molecule has 0 aromatic rings. The van der Waals surface area contributed by atoms with Crippen LogP contribution in [0.25, 0.3) is 0 Å². The van der Waals surface area contributed by atoms with Gasteiger partial charge in [-0.1, -0.05) is 96.6 Å². The molecule has 0 aliphatic heterocycles. The smallest absolute Gasteiger partial charge is 0.317 e. The van der Waals surface area contributed by atoms with Gasteiger partial charge in [-0.2, -0.15) is 0 Å². The first-order valence-corrected chi connectivity index (χ1v) is 11.3. The first-order chi connectivity index (χ1) is 12.8. The van der Waals surface area contributed by atoms with Crippen molar-refractivity contribution in [3.63, 3.8) is 0 Å². The minimum Gasteiger partial charge on any atom is -0.465 e. The van der Waals surface area contributed by atoms with Gasteiger partial charge in [-0.3, -0.25) is 4.79 Å². The summed E-state index contributed by atoms with van der Waals surface area (Å²) in [5, 5.41) is 0. The van der Waals surface area contributed by atoms with Crippen molar-refractivity contribution in [1.82, 2.24) is 0 Å². The largest absolute Gasteiger partial charge is 0.465 e. The second-order valence-electron chi connectivity index (χ2n) is 7.64. The van der Waals surface area contributed by atoms with E-state index in [1.807, 2.05) is 6.92 Å². The Kier molecular flexibility index (Phi) is 13.3. The zero-order chi connectivity index (χ0) is 19.0. The molecule has 0 aromatic carbocycles. The van der Waals surface area contributed by atoms with Gasteiger partial charge < -0.3 is 4.74 Å². The van der Waals surface area contributed by atoms with E-state index >= 15 is 0 Å². The van der Waals surface area contributed by atoms with Gasteiger partial charge in [0.1, 0.15) is 5.92 Å². The van der Waals surface area contributed by atoms with Crippen LogP contribution in [-0.4, -0.2) is 12.6 Å². The lowest BCUT2D eigenvalue weighted by Gasteiger charge is -2.03. The maximum atomic E-state index is 12.1. The zero-order valence-corrected chi connectivity index (χ0v) is 17.7. The Labute approximate surface area is 162 Å². The number of ether oxygens (including phenoxy) is 1. The summed E-state index contributed by atoms with van der Waals surface area (Å²) in [6, 6.07) is 0. The second-order valence-corrected chi connectivity index (χ2v) is 7.64. The molecule has 0 fully saturated rings. The first kappa shape index (κ1) is 23.0. The highest BCUT2D eigenvalue weighted by Gasteiger charge is 2.40. The number of hydrogen-bond acceptors (Lipinski definition) is 2. The third-order valence-corrected chi connectivity index (χ3v) is 5.29. The van der Waals surface area contributed by atoms with Gasteiger partial charge in [-0.15, -0.1) is 0 Å². The lowest BCUT2D eigenvalue weighted by molar-refractivity contribution is -0.144. The van der Waals surface area contributed by atoms with Crippen LogP contribution >= 0.6 is 0 Å². The van der Waals surface area contributed by atoms with Crippen molar-refractivity contribution in [2.45, 2.75) is 111 Å². The van der Waals surface area contributed by atoms with Crippen molar-refractivity contribution in [1.29, 1.82) is 0 Å². The summed E-state index contributed by atoms with van der Waals surface area (Å²) in [6.45, 7) is 6.85. The average Bonchev–Trinajstić information content (AvgIpc) is 3.33. The quantitative estimate of drug-likeness (QED) is 0.197. The van der Waals surface area contributed by atoms with E-state index in [0.717, 1.165) is 12.8 Å². The maximum Gasteiger partial charge on any atom is 0.317 e. The Morgan fingerprint density at radius 3 is 2.00 bits per heavy atom. The van der Waals surface area contributed by atoms with Crippen LogP contribution in [0, 0.1) is 5.92 Å². The Hall–Kier alpha value is -1.05. The first-order valence-electron chi connectivity index (χ1n) is 11.3. The van der Waals surface area contributed by atoms with E-state index in [-0.39, 0.29) is 11.9 Å². The molecule has 0 heterocycles. The Bertz CT molecular complexity index is 433. The van der Waals surface area contributed by atoms with Crippen LogP contribution in [0.5, 0.6) is 0 Å². The molecular weight excluding hydrogens is 320 g/mol.